The second-order valence-corrected chi connectivity index (χ2v) is 5.15. The van der Waals surface area contributed by atoms with Crippen molar-refractivity contribution in [2.45, 2.75) is 19.4 Å². The van der Waals surface area contributed by atoms with E-state index in [-0.39, 0.29) is 0 Å². The number of ketones is 1. The predicted octanol–water partition coefficient (Wildman–Crippen LogP) is 0.954. The molecule has 0 aliphatic carbocycles. The van der Waals surface area contributed by atoms with Gasteiger partial charge in [-0.2, -0.15) is 21.6 Å². The highest BCUT2D eigenvalue weighted by Gasteiger charge is 2.50. The Hall–Kier alpha value is -1.09. The minimum absolute atomic E-state index is 0.908. The van der Waals surface area contributed by atoms with Crippen molar-refractivity contribution in [3.05, 3.63) is 12.3 Å². The Morgan fingerprint density at radius 1 is 1.35 bits per heavy atom. The van der Waals surface area contributed by atoms with Crippen LogP contribution in [-0.4, -0.2) is 31.4 Å². The number of carbonyl (C=O) groups is 1. The molecular formula is C8H11F3O5S. The van der Waals surface area contributed by atoms with Crippen LogP contribution in [0.1, 0.15) is 13.8 Å². The van der Waals surface area contributed by atoms with Gasteiger partial charge in [-0.1, -0.05) is 6.58 Å². The van der Waals surface area contributed by atoms with Gasteiger partial charge in [0, 0.05) is 0 Å². The zero-order chi connectivity index (χ0) is 14.1. The summed E-state index contributed by atoms with van der Waals surface area (Å²) in [5.74, 6) is -1.83. The molecule has 1 N–H and O–H groups in total. The Morgan fingerprint density at radius 2 is 1.76 bits per heavy atom. The Bertz CT molecular complexity index is 421. The SMILES string of the molecule is C=C(OS(=O)(=O)C(F)(F)F)C(C)(C)C(=O)CO. The number of aliphatic hydroxyl groups is 1. The summed E-state index contributed by atoms with van der Waals surface area (Å²) >= 11 is 0. The molecule has 100 valence electrons. The van der Waals surface area contributed by atoms with Gasteiger partial charge in [0.2, 0.25) is 0 Å². The third-order valence-corrected chi connectivity index (χ3v) is 3.02. The van der Waals surface area contributed by atoms with Crippen LogP contribution < -0.4 is 0 Å². The van der Waals surface area contributed by atoms with Crippen molar-refractivity contribution >= 4 is 15.9 Å². The topological polar surface area (TPSA) is 80.7 Å². The summed E-state index contributed by atoms with van der Waals surface area (Å²) in [6.45, 7) is 4.16. The molecule has 0 saturated carbocycles. The third-order valence-electron chi connectivity index (χ3n) is 2.03. The summed E-state index contributed by atoms with van der Waals surface area (Å²) < 4.78 is 60.9. The molecule has 0 aliphatic rings. The fourth-order valence-electron chi connectivity index (χ4n) is 0.637. The van der Waals surface area contributed by atoms with Gasteiger partial charge >= 0.3 is 15.6 Å². The van der Waals surface area contributed by atoms with E-state index in [0.29, 0.717) is 0 Å². The minimum Gasteiger partial charge on any atom is -0.389 e. The zero-order valence-electron chi connectivity index (χ0n) is 9.04. The number of Topliss-reactive ketones (excluding diaryl/α,β-unsaturated/α-hetero) is 1. The van der Waals surface area contributed by atoms with Crippen LogP contribution in [0.5, 0.6) is 0 Å². The van der Waals surface area contributed by atoms with E-state index in [1.165, 1.54) is 0 Å². The lowest BCUT2D eigenvalue weighted by Crippen LogP contribution is -2.34. The van der Waals surface area contributed by atoms with Crippen LogP contribution in [0.4, 0.5) is 13.2 Å². The number of alkyl halides is 3. The number of allylic oxidation sites excluding steroid dienone is 1. The first-order valence-electron chi connectivity index (χ1n) is 4.20. The van der Waals surface area contributed by atoms with Crippen LogP contribution in [-0.2, 0) is 19.1 Å². The summed E-state index contributed by atoms with van der Waals surface area (Å²) in [7, 11) is -5.86. The fourth-order valence-corrected chi connectivity index (χ4v) is 1.20. The van der Waals surface area contributed by atoms with Crippen LogP contribution >= 0.6 is 0 Å². The molecule has 0 amide bonds. The fraction of sp³-hybridized carbons (Fsp3) is 0.625. The summed E-state index contributed by atoms with van der Waals surface area (Å²) in [6, 6.07) is 0. The van der Waals surface area contributed by atoms with Crippen LogP contribution in [0, 0.1) is 5.41 Å². The van der Waals surface area contributed by atoms with Gasteiger partial charge in [0.25, 0.3) is 0 Å². The molecule has 0 aromatic carbocycles. The molecule has 0 aromatic rings. The lowest BCUT2D eigenvalue weighted by Gasteiger charge is -2.24. The maximum atomic E-state index is 12.0. The average Bonchev–Trinajstić information content (AvgIpc) is 2.13. The van der Waals surface area contributed by atoms with Crippen molar-refractivity contribution in [1.29, 1.82) is 0 Å². The molecule has 0 bridgehead atoms. The van der Waals surface area contributed by atoms with E-state index in [9.17, 15) is 26.4 Å². The number of hydrogen-bond acceptors (Lipinski definition) is 5. The van der Waals surface area contributed by atoms with Crippen LogP contribution in [0.2, 0.25) is 0 Å². The maximum Gasteiger partial charge on any atom is 0.534 e. The molecule has 0 radical (unpaired) electrons. The maximum absolute atomic E-state index is 12.0. The summed E-state index contributed by atoms with van der Waals surface area (Å²) in [4.78, 5) is 11.1. The van der Waals surface area contributed by atoms with Gasteiger partial charge < -0.3 is 9.29 Å². The van der Waals surface area contributed by atoms with Crippen molar-refractivity contribution < 1.29 is 35.7 Å². The lowest BCUT2D eigenvalue weighted by molar-refractivity contribution is -0.129. The van der Waals surface area contributed by atoms with Crippen LogP contribution in [0.3, 0.4) is 0 Å². The van der Waals surface area contributed by atoms with E-state index in [1.54, 1.807) is 0 Å². The first-order chi connectivity index (χ1) is 7.36. The smallest absolute Gasteiger partial charge is 0.389 e. The van der Waals surface area contributed by atoms with E-state index >= 15 is 0 Å². The van der Waals surface area contributed by atoms with Crippen molar-refractivity contribution in [3.63, 3.8) is 0 Å². The molecule has 0 aliphatic heterocycles. The molecular weight excluding hydrogens is 265 g/mol. The first kappa shape index (κ1) is 15.9. The lowest BCUT2D eigenvalue weighted by atomic mass is 9.87. The first-order valence-corrected chi connectivity index (χ1v) is 5.61. The van der Waals surface area contributed by atoms with Crippen molar-refractivity contribution in [2.24, 2.45) is 5.41 Å². The van der Waals surface area contributed by atoms with Gasteiger partial charge in [-0.25, -0.2) is 0 Å². The molecule has 0 rings (SSSR count). The third kappa shape index (κ3) is 3.43. The predicted molar refractivity (Wildman–Crippen MR) is 51.1 cm³/mol. The largest absolute Gasteiger partial charge is 0.534 e. The van der Waals surface area contributed by atoms with Crippen molar-refractivity contribution in [2.75, 3.05) is 6.61 Å². The van der Waals surface area contributed by atoms with E-state index < -0.39 is 39.2 Å². The monoisotopic (exact) mass is 276 g/mol. The highest BCUT2D eigenvalue weighted by atomic mass is 32.2. The molecule has 0 aromatic heterocycles. The standard InChI is InChI=1S/C8H11F3O5S/c1-5(7(2,3)6(13)4-12)16-17(14,15)8(9,10)11/h12H,1,4H2,2-3H3. The van der Waals surface area contributed by atoms with Gasteiger partial charge in [0.1, 0.15) is 12.4 Å². The molecule has 9 heteroatoms. The van der Waals surface area contributed by atoms with E-state index in [4.69, 9.17) is 5.11 Å². The van der Waals surface area contributed by atoms with E-state index in [2.05, 4.69) is 10.8 Å². The second kappa shape index (κ2) is 4.65. The second-order valence-electron chi connectivity index (χ2n) is 3.61. The Morgan fingerprint density at radius 3 is 2.06 bits per heavy atom. The van der Waals surface area contributed by atoms with Crippen molar-refractivity contribution in [3.8, 4) is 0 Å². The molecule has 17 heavy (non-hydrogen) atoms. The highest BCUT2D eigenvalue weighted by Crippen LogP contribution is 2.33. The molecule has 0 atom stereocenters. The van der Waals surface area contributed by atoms with Gasteiger partial charge in [-0.05, 0) is 13.8 Å². The van der Waals surface area contributed by atoms with E-state index in [1.807, 2.05) is 0 Å². The van der Waals surface area contributed by atoms with Gasteiger partial charge in [-0.3, -0.25) is 4.79 Å². The van der Waals surface area contributed by atoms with E-state index in [0.717, 1.165) is 13.8 Å². The molecule has 0 fully saturated rings. The molecule has 0 saturated heterocycles. The Labute approximate surface area is 96.0 Å². The van der Waals surface area contributed by atoms with Gasteiger partial charge in [-0.15, -0.1) is 0 Å². The van der Waals surface area contributed by atoms with Crippen molar-refractivity contribution in [1.82, 2.24) is 0 Å². The average molecular weight is 276 g/mol. The number of carbonyl (C=O) groups excluding carboxylic acids is 1. The zero-order valence-corrected chi connectivity index (χ0v) is 9.85. The van der Waals surface area contributed by atoms with Gasteiger partial charge in [0.15, 0.2) is 5.78 Å². The number of halogens is 3. The molecule has 0 unspecified atom stereocenters. The number of hydrogen-bond donors (Lipinski definition) is 1. The Kier molecular flexibility index (Phi) is 4.35. The summed E-state index contributed by atoms with van der Waals surface area (Å²) in [5, 5.41) is 8.56. The quantitative estimate of drug-likeness (QED) is 0.459. The summed E-state index contributed by atoms with van der Waals surface area (Å²) in [5.41, 5.74) is -7.35. The number of aliphatic hydroxyl groups excluding tert-OH is 1. The normalized spacial score (nSPS) is 13.3. The summed E-state index contributed by atoms with van der Waals surface area (Å²) in [6.07, 6.45) is 0. The molecule has 0 spiro atoms. The van der Waals surface area contributed by atoms with Crippen LogP contribution in [0.25, 0.3) is 0 Å². The Balaban J connectivity index is 5.09. The minimum atomic E-state index is -5.86. The van der Waals surface area contributed by atoms with Gasteiger partial charge in [0.05, 0.1) is 5.41 Å². The number of rotatable bonds is 5. The van der Waals surface area contributed by atoms with Crippen LogP contribution in [0.15, 0.2) is 12.3 Å². The molecule has 0 heterocycles. The molecule has 5 nitrogen and oxygen atoms in total. The highest BCUT2D eigenvalue weighted by molar-refractivity contribution is 7.87.